The summed E-state index contributed by atoms with van der Waals surface area (Å²) in [7, 11) is -3.96. The molecule has 0 aliphatic heterocycles. The quantitative estimate of drug-likeness (QED) is 0.255. The van der Waals surface area contributed by atoms with Gasteiger partial charge in [-0.2, -0.15) is 8.42 Å². The third kappa shape index (κ3) is 5.35. The molecule has 1 N–H and O–H groups in total. The summed E-state index contributed by atoms with van der Waals surface area (Å²) in [6.45, 7) is 4.19. The molecule has 3 aromatic carbocycles. The number of nitro groups is 1. The number of nitro benzene ring substituents is 1. The Morgan fingerprint density at radius 1 is 0.968 bits per heavy atom. The van der Waals surface area contributed by atoms with Crippen LogP contribution in [0.25, 0.3) is 0 Å². The highest BCUT2D eigenvalue weighted by atomic mass is 32.2. The molecule has 1 atom stereocenters. The fraction of sp³-hybridized carbons (Fsp3) is 0.174. The first-order chi connectivity index (χ1) is 14.8. The third-order valence-corrected chi connectivity index (χ3v) is 6.04. The Bertz CT molecular complexity index is 1170. The predicted octanol–water partition coefficient (Wildman–Crippen LogP) is 4.43. The minimum atomic E-state index is -3.96. The zero-order chi connectivity index (χ0) is 22.4. The maximum Gasteiger partial charge on any atom is 0.283 e. The molecule has 0 saturated carbocycles. The second kappa shape index (κ2) is 9.53. The number of aryl methyl sites for hydroxylation is 1. The number of sulfonamides is 1. The Morgan fingerprint density at radius 3 is 2.10 bits per heavy atom. The first-order valence-corrected chi connectivity index (χ1v) is 11.2. The van der Waals surface area contributed by atoms with Crippen LogP contribution in [0.2, 0.25) is 0 Å². The largest absolute Gasteiger partial charge is 0.372 e. The minimum absolute atomic E-state index is 0.0372. The van der Waals surface area contributed by atoms with Crippen LogP contribution in [0.1, 0.15) is 29.5 Å². The maximum atomic E-state index is 13.0. The summed E-state index contributed by atoms with van der Waals surface area (Å²) in [6.07, 6.45) is 0. The van der Waals surface area contributed by atoms with Gasteiger partial charge in [-0.25, -0.2) is 0 Å². The van der Waals surface area contributed by atoms with Gasteiger partial charge in [0.1, 0.15) is 5.84 Å². The van der Waals surface area contributed by atoms with E-state index in [-0.39, 0.29) is 16.4 Å². The van der Waals surface area contributed by atoms with Crippen molar-refractivity contribution in [3.63, 3.8) is 0 Å². The summed E-state index contributed by atoms with van der Waals surface area (Å²) < 4.78 is 30.2. The van der Waals surface area contributed by atoms with E-state index in [0.29, 0.717) is 12.1 Å². The highest BCUT2D eigenvalue weighted by Crippen LogP contribution is 2.28. The Balaban J connectivity index is 2.14. The summed E-state index contributed by atoms with van der Waals surface area (Å²) in [5, 5.41) is 14.1. The molecule has 0 bridgehead atoms. The molecule has 0 fully saturated rings. The summed E-state index contributed by atoms with van der Waals surface area (Å²) in [6, 6.07) is 21.9. The van der Waals surface area contributed by atoms with E-state index >= 15 is 0 Å². The fourth-order valence-corrected chi connectivity index (χ4v) is 4.22. The first kappa shape index (κ1) is 22.2. The van der Waals surface area contributed by atoms with E-state index in [2.05, 4.69) is 9.71 Å². The van der Waals surface area contributed by atoms with Crippen LogP contribution in [-0.4, -0.2) is 25.7 Å². The van der Waals surface area contributed by atoms with Crippen LogP contribution < -0.4 is 5.32 Å². The fourth-order valence-electron chi connectivity index (χ4n) is 3.20. The van der Waals surface area contributed by atoms with E-state index in [0.717, 1.165) is 11.1 Å². The van der Waals surface area contributed by atoms with E-state index < -0.39 is 20.9 Å². The smallest absolute Gasteiger partial charge is 0.283 e. The lowest BCUT2D eigenvalue weighted by Crippen LogP contribution is -2.31. The van der Waals surface area contributed by atoms with Gasteiger partial charge in [-0.15, -0.1) is 4.40 Å². The van der Waals surface area contributed by atoms with Gasteiger partial charge in [0.25, 0.3) is 15.7 Å². The topological polar surface area (TPSA) is 102 Å². The summed E-state index contributed by atoms with van der Waals surface area (Å²) >= 11 is 0. The van der Waals surface area contributed by atoms with Gasteiger partial charge < -0.3 is 5.32 Å². The lowest BCUT2D eigenvalue weighted by atomic mass is 9.90. The van der Waals surface area contributed by atoms with Crippen LogP contribution >= 0.6 is 0 Å². The lowest BCUT2D eigenvalue weighted by Gasteiger charge is -2.21. The molecule has 3 aromatic rings. The summed E-state index contributed by atoms with van der Waals surface area (Å²) in [4.78, 5) is 10.7. The van der Waals surface area contributed by atoms with Gasteiger partial charge >= 0.3 is 0 Å². The van der Waals surface area contributed by atoms with Gasteiger partial charge in [-0.1, -0.05) is 60.2 Å². The highest BCUT2D eigenvalue weighted by Gasteiger charge is 2.24. The summed E-state index contributed by atoms with van der Waals surface area (Å²) in [5.41, 5.74) is 2.42. The standard InChI is InChI=1S/C23H23N3O4S/c1-3-24-23(25-31(29,30)21-15-9-17(2)10-16-21)22(18-7-5-4-6-8-18)19-11-13-20(14-12-19)26(27)28/h4-16,22H,3H2,1-2H3,(H,24,25). The molecular formula is C23H23N3O4S. The maximum absolute atomic E-state index is 13.0. The molecule has 160 valence electrons. The number of nitrogens with one attached hydrogen (secondary N) is 1. The van der Waals surface area contributed by atoms with Crippen molar-refractivity contribution in [1.82, 2.24) is 5.32 Å². The van der Waals surface area contributed by atoms with Gasteiger partial charge in [0, 0.05) is 18.7 Å². The van der Waals surface area contributed by atoms with E-state index in [1.807, 2.05) is 44.2 Å². The number of likely N-dealkylation sites (N-methyl/N-ethyl adjacent to an activating group) is 1. The molecule has 8 heteroatoms. The number of hydrogen-bond donors (Lipinski definition) is 1. The Hall–Kier alpha value is -3.52. The first-order valence-electron chi connectivity index (χ1n) is 9.76. The van der Waals surface area contributed by atoms with Crippen LogP contribution in [0.3, 0.4) is 0 Å². The highest BCUT2D eigenvalue weighted by molar-refractivity contribution is 7.90. The van der Waals surface area contributed by atoms with Crippen molar-refractivity contribution >= 4 is 21.5 Å². The minimum Gasteiger partial charge on any atom is -0.372 e. The number of nitrogens with zero attached hydrogens (tertiary/aromatic N) is 2. The lowest BCUT2D eigenvalue weighted by molar-refractivity contribution is -0.384. The molecule has 7 nitrogen and oxygen atoms in total. The van der Waals surface area contributed by atoms with Gasteiger partial charge in [0.05, 0.1) is 15.7 Å². The number of benzene rings is 3. The Labute approximate surface area is 181 Å². The van der Waals surface area contributed by atoms with Crippen LogP contribution in [0, 0.1) is 17.0 Å². The van der Waals surface area contributed by atoms with Crippen molar-refractivity contribution in [1.29, 1.82) is 0 Å². The van der Waals surface area contributed by atoms with Crippen LogP contribution in [0.15, 0.2) is 88.2 Å². The molecule has 0 aromatic heterocycles. The van der Waals surface area contributed by atoms with Crippen molar-refractivity contribution in [2.75, 3.05) is 6.54 Å². The van der Waals surface area contributed by atoms with Gasteiger partial charge in [0.2, 0.25) is 0 Å². The van der Waals surface area contributed by atoms with E-state index in [1.165, 1.54) is 24.3 Å². The Kier molecular flexibility index (Phi) is 6.81. The average Bonchev–Trinajstić information content (AvgIpc) is 2.75. The molecule has 0 spiro atoms. The average molecular weight is 438 g/mol. The molecule has 0 aliphatic rings. The molecule has 31 heavy (non-hydrogen) atoms. The molecule has 1 unspecified atom stereocenters. The monoisotopic (exact) mass is 437 g/mol. The molecular weight excluding hydrogens is 414 g/mol. The molecule has 0 aliphatic carbocycles. The van der Waals surface area contributed by atoms with Crippen molar-refractivity contribution in [3.05, 3.63) is 106 Å². The molecule has 3 rings (SSSR count). The number of hydrogen-bond acceptors (Lipinski definition) is 4. The number of amidine groups is 1. The number of non-ortho nitro benzene ring substituents is 1. The molecule has 0 heterocycles. The van der Waals surface area contributed by atoms with Crippen LogP contribution in [0.4, 0.5) is 5.69 Å². The zero-order valence-electron chi connectivity index (χ0n) is 17.2. The second-order valence-corrected chi connectivity index (χ2v) is 8.59. The van der Waals surface area contributed by atoms with Crippen molar-refractivity contribution < 1.29 is 13.3 Å². The van der Waals surface area contributed by atoms with E-state index in [4.69, 9.17) is 0 Å². The SMILES string of the molecule is CCNC(=NS(=O)(=O)c1ccc(C)cc1)C(c1ccccc1)c1ccc([N+](=O)[O-])cc1. The molecule has 0 saturated heterocycles. The van der Waals surface area contributed by atoms with Gasteiger partial charge in [0.15, 0.2) is 0 Å². The van der Waals surface area contributed by atoms with E-state index in [9.17, 15) is 18.5 Å². The number of rotatable bonds is 7. The molecule has 0 amide bonds. The van der Waals surface area contributed by atoms with Crippen molar-refractivity contribution in [3.8, 4) is 0 Å². The van der Waals surface area contributed by atoms with Crippen LogP contribution in [-0.2, 0) is 10.0 Å². The van der Waals surface area contributed by atoms with E-state index in [1.54, 1.807) is 24.3 Å². The van der Waals surface area contributed by atoms with Gasteiger partial charge in [-0.05, 0) is 37.1 Å². The predicted molar refractivity (Wildman–Crippen MR) is 121 cm³/mol. The zero-order valence-corrected chi connectivity index (χ0v) is 18.0. The summed E-state index contributed by atoms with van der Waals surface area (Å²) in [5.74, 6) is -0.287. The molecule has 0 radical (unpaired) electrons. The third-order valence-electron chi connectivity index (χ3n) is 4.74. The van der Waals surface area contributed by atoms with Gasteiger partial charge in [-0.3, -0.25) is 10.1 Å². The van der Waals surface area contributed by atoms with Crippen LogP contribution in [0.5, 0.6) is 0 Å². The Morgan fingerprint density at radius 2 is 1.55 bits per heavy atom. The van der Waals surface area contributed by atoms with Crippen molar-refractivity contribution in [2.45, 2.75) is 24.7 Å². The van der Waals surface area contributed by atoms with Crippen molar-refractivity contribution in [2.24, 2.45) is 4.40 Å². The second-order valence-electron chi connectivity index (χ2n) is 6.99. The normalized spacial score (nSPS) is 12.9.